The molecule has 1 aliphatic carbocycles. The number of nitrogens with one attached hydrogen (secondary N) is 1. The molecule has 3 aromatic rings. The molecule has 0 saturated heterocycles. The lowest BCUT2D eigenvalue weighted by molar-refractivity contribution is 0.490. The Kier molecular flexibility index (Phi) is 4.36. The fourth-order valence-electron chi connectivity index (χ4n) is 4.09. The van der Waals surface area contributed by atoms with Crippen molar-refractivity contribution >= 4 is 16.9 Å². The summed E-state index contributed by atoms with van der Waals surface area (Å²) in [4.78, 5) is 9.05. The van der Waals surface area contributed by atoms with Crippen molar-refractivity contribution in [3.8, 4) is 11.3 Å². The number of anilines is 1. The van der Waals surface area contributed by atoms with Crippen LogP contribution in [-0.2, 0) is 7.05 Å². The predicted molar refractivity (Wildman–Crippen MR) is 108 cm³/mol. The third-order valence-corrected chi connectivity index (χ3v) is 5.33. The number of benzene rings is 1. The predicted octanol–water partition coefficient (Wildman–Crippen LogP) is 2.73. The summed E-state index contributed by atoms with van der Waals surface area (Å²) < 4.78 is 1.97. The highest BCUT2D eigenvalue weighted by Gasteiger charge is 2.34. The molecular formula is C20H27N7. The summed E-state index contributed by atoms with van der Waals surface area (Å²) in [5, 5.41) is 9.06. The molecule has 7 nitrogen and oxygen atoms in total. The molecule has 2 atom stereocenters. The van der Waals surface area contributed by atoms with Crippen LogP contribution in [0.25, 0.3) is 22.2 Å². The van der Waals surface area contributed by atoms with Crippen LogP contribution >= 0.6 is 0 Å². The van der Waals surface area contributed by atoms with E-state index in [9.17, 15) is 0 Å². The van der Waals surface area contributed by atoms with Gasteiger partial charge in [0.25, 0.3) is 0 Å². The largest absolute Gasteiger partial charge is 0.336 e. The molecular weight excluding hydrogens is 338 g/mol. The Hall–Kier alpha value is -2.51. The summed E-state index contributed by atoms with van der Waals surface area (Å²) in [5.74, 6) is 0.931. The Bertz CT molecular complexity index is 978. The number of aromatic nitrogens is 4. The van der Waals surface area contributed by atoms with Gasteiger partial charge in [-0.05, 0) is 43.4 Å². The van der Waals surface area contributed by atoms with Crippen LogP contribution < -0.4 is 16.8 Å². The van der Waals surface area contributed by atoms with Gasteiger partial charge in [0.05, 0.1) is 16.9 Å². The Morgan fingerprint density at radius 2 is 2.11 bits per heavy atom. The second kappa shape index (κ2) is 6.58. The fourth-order valence-corrected chi connectivity index (χ4v) is 4.09. The molecule has 7 heteroatoms. The van der Waals surface area contributed by atoms with Gasteiger partial charge in [0.15, 0.2) is 0 Å². The first-order chi connectivity index (χ1) is 12.8. The SMILES string of the molecule is CC(C)c1c2cc(-c3ccnc(N[C@@]4(N)CC[C@H](N)C4)n3)ccc2nn1C. The number of aryl methyl sites for hydroxylation is 1. The van der Waals surface area contributed by atoms with Gasteiger partial charge in [-0.25, -0.2) is 9.97 Å². The molecule has 2 heterocycles. The van der Waals surface area contributed by atoms with Gasteiger partial charge in [-0.2, -0.15) is 5.10 Å². The molecule has 0 amide bonds. The second-order valence-corrected chi connectivity index (χ2v) is 7.94. The maximum absolute atomic E-state index is 6.42. The Labute approximate surface area is 159 Å². The summed E-state index contributed by atoms with van der Waals surface area (Å²) in [5.41, 5.74) is 16.0. The van der Waals surface area contributed by atoms with Crippen LogP contribution in [0.5, 0.6) is 0 Å². The van der Waals surface area contributed by atoms with E-state index in [0.29, 0.717) is 11.9 Å². The van der Waals surface area contributed by atoms with Crippen LogP contribution in [0.15, 0.2) is 30.5 Å². The maximum Gasteiger partial charge on any atom is 0.224 e. The summed E-state index contributed by atoms with van der Waals surface area (Å²) in [7, 11) is 1.99. The highest BCUT2D eigenvalue weighted by Crippen LogP contribution is 2.30. The number of hydrogen-bond acceptors (Lipinski definition) is 6. The van der Waals surface area contributed by atoms with E-state index in [4.69, 9.17) is 16.5 Å². The van der Waals surface area contributed by atoms with Gasteiger partial charge in [-0.3, -0.25) is 4.68 Å². The minimum absolute atomic E-state index is 0.133. The van der Waals surface area contributed by atoms with E-state index in [1.165, 1.54) is 5.69 Å². The standard InChI is InChI=1S/C20H27N7/c1-12(2)18-15-10-13(4-5-17(15)26-27(18)3)16-7-9-23-19(24-16)25-20(22)8-6-14(21)11-20/h4-5,7,9-10,12,14H,6,8,11,21-22H2,1-3H3,(H,23,24,25)/t14-,20-/m0/s1. The Morgan fingerprint density at radius 3 is 2.81 bits per heavy atom. The van der Waals surface area contributed by atoms with Gasteiger partial charge >= 0.3 is 0 Å². The summed E-state index contributed by atoms with van der Waals surface area (Å²) in [6.07, 6.45) is 4.22. The fraction of sp³-hybridized carbons (Fsp3) is 0.450. The molecule has 0 unspecified atom stereocenters. The molecule has 2 aromatic heterocycles. The first-order valence-corrected chi connectivity index (χ1v) is 9.47. The topological polar surface area (TPSA) is 108 Å². The number of nitrogens with zero attached hydrogens (tertiary/aromatic N) is 4. The first-order valence-electron chi connectivity index (χ1n) is 9.47. The molecule has 142 valence electrons. The van der Waals surface area contributed by atoms with Crippen LogP contribution in [0.3, 0.4) is 0 Å². The van der Waals surface area contributed by atoms with Gasteiger partial charge in [-0.15, -0.1) is 0 Å². The van der Waals surface area contributed by atoms with Crippen LogP contribution in [0.2, 0.25) is 0 Å². The zero-order valence-corrected chi connectivity index (χ0v) is 16.1. The van der Waals surface area contributed by atoms with Gasteiger partial charge < -0.3 is 16.8 Å². The molecule has 1 saturated carbocycles. The van der Waals surface area contributed by atoms with Crippen molar-refractivity contribution in [1.82, 2.24) is 19.7 Å². The van der Waals surface area contributed by atoms with E-state index >= 15 is 0 Å². The van der Waals surface area contributed by atoms with E-state index in [1.807, 2.05) is 23.9 Å². The van der Waals surface area contributed by atoms with Crippen molar-refractivity contribution in [1.29, 1.82) is 0 Å². The maximum atomic E-state index is 6.42. The van der Waals surface area contributed by atoms with Crippen molar-refractivity contribution in [3.63, 3.8) is 0 Å². The first kappa shape index (κ1) is 17.9. The lowest BCUT2D eigenvalue weighted by Gasteiger charge is -2.25. The van der Waals surface area contributed by atoms with Crippen molar-refractivity contribution < 1.29 is 0 Å². The van der Waals surface area contributed by atoms with Crippen molar-refractivity contribution in [2.45, 2.75) is 50.7 Å². The molecule has 0 spiro atoms. The smallest absolute Gasteiger partial charge is 0.224 e. The Morgan fingerprint density at radius 1 is 1.30 bits per heavy atom. The number of nitrogens with two attached hydrogens (primary N) is 2. The Balaban J connectivity index is 1.68. The van der Waals surface area contributed by atoms with E-state index < -0.39 is 5.66 Å². The van der Waals surface area contributed by atoms with Gasteiger partial charge in [0.1, 0.15) is 0 Å². The quantitative estimate of drug-likeness (QED) is 0.614. The average molecular weight is 365 g/mol. The van der Waals surface area contributed by atoms with E-state index in [1.54, 1.807) is 6.20 Å². The van der Waals surface area contributed by atoms with E-state index in [2.05, 4.69) is 41.4 Å². The molecule has 27 heavy (non-hydrogen) atoms. The molecule has 0 aliphatic heterocycles. The molecule has 0 bridgehead atoms. The lowest BCUT2D eigenvalue weighted by atomic mass is 10.0. The van der Waals surface area contributed by atoms with Gasteiger partial charge in [-0.1, -0.05) is 19.9 Å². The number of fused-ring (bicyclic) bond motifs is 1. The van der Waals surface area contributed by atoms with Gasteiger partial charge in [0.2, 0.25) is 5.95 Å². The number of hydrogen-bond donors (Lipinski definition) is 3. The highest BCUT2D eigenvalue weighted by atomic mass is 15.3. The van der Waals surface area contributed by atoms with Crippen LogP contribution in [0, 0.1) is 0 Å². The molecule has 5 N–H and O–H groups in total. The van der Waals surface area contributed by atoms with Crippen LogP contribution in [0.4, 0.5) is 5.95 Å². The van der Waals surface area contributed by atoms with Crippen molar-refractivity contribution in [3.05, 3.63) is 36.2 Å². The number of rotatable bonds is 4. The average Bonchev–Trinajstić information content (AvgIpc) is 3.12. The van der Waals surface area contributed by atoms with Crippen LogP contribution in [-0.4, -0.2) is 31.5 Å². The summed E-state index contributed by atoms with van der Waals surface area (Å²) >= 11 is 0. The zero-order valence-electron chi connectivity index (χ0n) is 16.1. The van der Waals surface area contributed by atoms with Gasteiger partial charge in [0, 0.05) is 35.9 Å². The molecule has 4 rings (SSSR count). The molecule has 1 aliphatic rings. The molecule has 1 aromatic carbocycles. The minimum atomic E-state index is -0.532. The van der Waals surface area contributed by atoms with Crippen molar-refractivity contribution in [2.24, 2.45) is 18.5 Å². The zero-order chi connectivity index (χ0) is 19.2. The normalized spacial score (nSPS) is 22.7. The minimum Gasteiger partial charge on any atom is -0.336 e. The lowest BCUT2D eigenvalue weighted by Crippen LogP contribution is -2.46. The summed E-state index contributed by atoms with van der Waals surface area (Å²) in [6.45, 7) is 4.37. The monoisotopic (exact) mass is 365 g/mol. The third-order valence-electron chi connectivity index (χ3n) is 5.33. The third kappa shape index (κ3) is 3.40. The highest BCUT2D eigenvalue weighted by molar-refractivity contribution is 5.86. The van der Waals surface area contributed by atoms with Crippen LogP contribution in [0.1, 0.15) is 44.7 Å². The summed E-state index contributed by atoms with van der Waals surface area (Å²) in [6, 6.07) is 8.31. The second-order valence-electron chi connectivity index (χ2n) is 7.94. The van der Waals surface area contributed by atoms with E-state index in [0.717, 1.165) is 41.4 Å². The molecule has 0 radical (unpaired) electrons. The molecule has 1 fully saturated rings. The van der Waals surface area contributed by atoms with E-state index in [-0.39, 0.29) is 6.04 Å². The van der Waals surface area contributed by atoms with Crippen molar-refractivity contribution in [2.75, 3.05) is 5.32 Å².